The van der Waals surface area contributed by atoms with Crippen LogP contribution in [0, 0.1) is 6.92 Å². The van der Waals surface area contributed by atoms with Gasteiger partial charge in [0.05, 0.1) is 6.21 Å². The number of carbonyl (C=O) groups excluding carboxylic acids is 1. The minimum atomic E-state index is -0.295. The SMILES string of the molecule is Cc1sc(-c2ccccc2)nc1C(=O)N/N=C\c1ccc(C(C)C)cc1. The number of rotatable bonds is 5. The van der Waals surface area contributed by atoms with Crippen LogP contribution in [-0.2, 0) is 0 Å². The Balaban J connectivity index is 1.67. The summed E-state index contributed by atoms with van der Waals surface area (Å²) in [7, 11) is 0. The molecule has 4 nitrogen and oxygen atoms in total. The molecule has 0 radical (unpaired) electrons. The molecular formula is C21H21N3OS. The number of nitrogens with one attached hydrogen (secondary N) is 1. The zero-order valence-corrected chi connectivity index (χ0v) is 15.9. The van der Waals surface area contributed by atoms with Gasteiger partial charge < -0.3 is 0 Å². The summed E-state index contributed by atoms with van der Waals surface area (Å²) >= 11 is 1.51. The number of carbonyl (C=O) groups is 1. The van der Waals surface area contributed by atoms with E-state index in [1.54, 1.807) is 6.21 Å². The summed E-state index contributed by atoms with van der Waals surface area (Å²) < 4.78 is 0. The van der Waals surface area contributed by atoms with Crippen molar-refractivity contribution in [2.45, 2.75) is 26.7 Å². The molecule has 1 amide bonds. The Morgan fingerprint density at radius 3 is 2.46 bits per heavy atom. The van der Waals surface area contributed by atoms with Gasteiger partial charge in [-0.25, -0.2) is 10.4 Å². The van der Waals surface area contributed by atoms with Crippen molar-refractivity contribution in [3.63, 3.8) is 0 Å². The first kappa shape index (κ1) is 18.0. The molecule has 1 heterocycles. The van der Waals surface area contributed by atoms with E-state index in [9.17, 15) is 4.79 Å². The summed E-state index contributed by atoms with van der Waals surface area (Å²) in [6, 6.07) is 18.0. The maximum absolute atomic E-state index is 12.4. The highest BCUT2D eigenvalue weighted by atomic mass is 32.1. The topological polar surface area (TPSA) is 54.4 Å². The van der Waals surface area contributed by atoms with Crippen molar-refractivity contribution < 1.29 is 4.79 Å². The smallest absolute Gasteiger partial charge is 0.266 e. The van der Waals surface area contributed by atoms with Gasteiger partial charge in [-0.05, 0) is 24.0 Å². The number of hydrazone groups is 1. The highest BCUT2D eigenvalue weighted by molar-refractivity contribution is 7.15. The molecule has 5 heteroatoms. The monoisotopic (exact) mass is 363 g/mol. The van der Waals surface area contributed by atoms with E-state index in [1.807, 2.05) is 49.4 Å². The van der Waals surface area contributed by atoms with E-state index in [0.717, 1.165) is 21.0 Å². The van der Waals surface area contributed by atoms with Crippen LogP contribution in [0.3, 0.4) is 0 Å². The summed E-state index contributed by atoms with van der Waals surface area (Å²) in [6.45, 7) is 6.21. The second kappa shape index (κ2) is 8.06. The van der Waals surface area contributed by atoms with Crippen LogP contribution in [0.1, 0.15) is 46.3 Å². The molecule has 0 unspecified atom stereocenters. The van der Waals surface area contributed by atoms with Gasteiger partial charge >= 0.3 is 0 Å². The normalized spacial score (nSPS) is 11.2. The summed E-state index contributed by atoms with van der Waals surface area (Å²) in [5.41, 5.74) is 6.21. The number of hydrogen-bond acceptors (Lipinski definition) is 4. The number of aromatic nitrogens is 1. The van der Waals surface area contributed by atoms with Crippen molar-refractivity contribution in [1.82, 2.24) is 10.4 Å². The maximum atomic E-state index is 12.4. The molecule has 0 saturated heterocycles. The number of hydrogen-bond donors (Lipinski definition) is 1. The minimum Gasteiger partial charge on any atom is -0.266 e. The maximum Gasteiger partial charge on any atom is 0.291 e. The quantitative estimate of drug-likeness (QED) is 0.512. The fourth-order valence-corrected chi connectivity index (χ4v) is 3.41. The van der Waals surface area contributed by atoms with Crippen LogP contribution < -0.4 is 5.43 Å². The lowest BCUT2D eigenvalue weighted by Gasteiger charge is -2.04. The van der Waals surface area contributed by atoms with E-state index in [2.05, 4.69) is 41.5 Å². The Bertz CT molecular complexity index is 912. The van der Waals surface area contributed by atoms with Crippen LogP contribution in [0.25, 0.3) is 10.6 Å². The number of nitrogens with zero attached hydrogens (tertiary/aromatic N) is 2. The third-order valence-corrected chi connectivity index (χ3v) is 5.04. The largest absolute Gasteiger partial charge is 0.291 e. The zero-order valence-electron chi connectivity index (χ0n) is 15.1. The molecule has 2 aromatic carbocycles. The van der Waals surface area contributed by atoms with Gasteiger partial charge in [0.2, 0.25) is 0 Å². The first-order valence-corrected chi connectivity index (χ1v) is 9.32. The van der Waals surface area contributed by atoms with Crippen molar-refractivity contribution in [1.29, 1.82) is 0 Å². The predicted molar refractivity (Wildman–Crippen MR) is 108 cm³/mol. The first-order chi connectivity index (χ1) is 12.5. The molecule has 0 atom stereocenters. The van der Waals surface area contributed by atoms with Gasteiger partial charge in [-0.15, -0.1) is 11.3 Å². The van der Waals surface area contributed by atoms with Crippen molar-refractivity contribution in [3.8, 4) is 10.6 Å². The zero-order chi connectivity index (χ0) is 18.5. The molecule has 0 bridgehead atoms. The average molecular weight is 363 g/mol. The molecule has 132 valence electrons. The molecule has 3 rings (SSSR count). The van der Waals surface area contributed by atoms with Gasteiger partial charge in [0.1, 0.15) is 10.7 Å². The molecule has 0 spiro atoms. The van der Waals surface area contributed by atoms with Crippen molar-refractivity contribution in [2.24, 2.45) is 5.10 Å². The molecule has 1 aromatic heterocycles. The summed E-state index contributed by atoms with van der Waals surface area (Å²) in [6.07, 6.45) is 1.64. The molecule has 0 saturated carbocycles. The van der Waals surface area contributed by atoms with Crippen LogP contribution in [0.4, 0.5) is 0 Å². The highest BCUT2D eigenvalue weighted by Crippen LogP contribution is 2.27. The second-order valence-corrected chi connectivity index (χ2v) is 7.51. The van der Waals surface area contributed by atoms with Crippen LogP contribution in [0.15, 0.2) is 59.7 Å². The Hall–Kier alpha value is -2.79. The van der Waals surface area contributed by atoms with E-state index in [0.29, 0.717) is 11.6 Å². The first-order valence-electron chi connectivity index (χ1n) is 8.51. The lowest BCUT2D eigenvalue weighted by atomic mass is 10.0. The van der Waals surface area contributed by atoms with Crippen molar-refractivity contribution in [2.75, 3.05) is 0 Å². The van der Waals surface area contributed by atoms with Gasteiger partial charge in [-0.2, -0.15) is 5.10 Å². The Morgan fingerprint density at radius 1 is 1.12 bits per heavy atom. The van der Waals surface area contributed by atoms with E-state index in [4.69, 9.17) is 0 Å². The van der Waals surface area contributed by atoms with Gasteiger partial charge in [-0.3, -0.25) is 4.79 Å². The number of thiazole rings is 1. The standard InChI is InChI=1S/C21H21N3OS/c1-14(2)17-11-9-16(10-12-17)13-22-24-20(25)19-15(3)26-21(23-19)18-7-5-4-6-8-18/h4-14H,1-3H3,(H,24,25)/b22-13-. The third kappa shape index (κ3) is 4.24. The molecule has 1 N–H and O–H groups in total. The molecule has 26 heavy (non-hydrogen) atoms. The van der Waals surface area contributed by atoms with Crippen LogP contribution in [0.2, 0.25) is 0 Å². The van der Waals surface area contributed by atoms with Gasteiger partial charge in [0, 0.05) is 10.4 Å². The Kier molecular flexibility index (Phi) is 5.58. The van der Waals surface area contributed by atoms with Crippen LogP contribution in [-0.4, -0.2) is 17.1 Å². The number of benzene rings is 2. The van der Waals surface area contributed by atoms with E-state index in [-0.39, 0.29) is 5.91 Å². The minimum absolute atomic E-state index is 0.295. The molecular weight excluding hydrogens is 342 g/mol. The van der Waals surface area contributed by atoms with Crippen molar-refractivity contribution in [3.05, 3.63) is 76.3 Å². The predicted octanol–water partition coefficient (Wildman–Crippen LogP) is 5.01. The van der Waals surface area contributed by atoms with Crippen molar-refractivity contribution >= 4 is 23.5 Å². The molecule has 0 aliphatic carbocycles. The summed E-state index contributed by atoms with van der Waals surface area (Å²) in [5, 5.41) is 4.89. The van der Waals surface area contributed by atoms with E-state index in [1.165, 1.54) is 16.9 Å². The van der Waals surface area contributed by atoms with Gasteiger partial charge in [-0.1, -0.05) is 68.4 Å². The molecule has 0 aliphatic rings. The summed E-state index contributed by atoms with van der Waals surface area (Å²) in [5.74, 6) is 0.197. The number of amides is 1. The van der Waals surface area contributed by atoms with E-state index < -0.39 is 0 Å². The lowest BCUT2D eigenvalue weighted by Crippen LogP contribution is -2.18. The third-order valence-electron chi connectivity index (χ3n) is 4.02. The van der Waals surface area contributed by atoms with Gasteiger partial charge in [0.15, 0.2) is 0 Å². The Morgan fingerprint density at radius 2 is 1.81 bits per heavy atom. The lowest BCUT2D eigenvalue weighted by molar-refractivity contribution is 0.0950. The fourth-order valence-electron chi connectivity index (χ4n) is 2.50. The van der Waals surface area contributed by atoms with Crippen LogP contribution in [0.5, 0.6) is 0 Å². The Labute approximate surface area is 157 Å². The van der Waals surface area contributed by atoms with Gasteiger partial charge in [0.25, 0.3) is 5.91 Å². The fraction of sp³-hybridized carbons (Fsp3) is 0.190. The molecule has 0 aliphatic heterocycles. The summed E-state index contributed by atoms with van der Waals surface area (Å²) in [4.78, 5) is 17.7. The average Bonchev–Trinajstić information content (AvgIpc) is 3.05. The second-order valence-electron chi connectivity index (χ2n) is 6.31. The molecule has 0 fully saturated rings. The number of aryl methyl sites for hydroxylation is 1. The van der Waals surface area contributed by atoms with E-state index >= 15 is 0 Å². The highest BCUT2D eigenvalue weighted by Gasteiger charge is 2.15. The molecule has 3 aromatic rings. The van der Waals surface area contributed by atoms with Crippen LogP contribution >= 0.6 is 11.3 Å².